The van der Waals surface area contributed by atoms with Gasteiger partial charge >= 0.3 is 0 Å². The summed E-state index contributed by atoms with van der Waals surface area (Å²) >= 11 is 0. The van der Waals surface area contributed by atoms with Crippen LogP contribution in [0.5, 0.6) is 5.75 Å². The Labute approximate surface area is 151 Å². The second-order valence-corrected chi connectivity index (χ2v) is 7.90. The van der Waals surface area contributed by atoms with Gasteiger partial charge in [0.05, 0.1) is 18.5 Å². The van der Waals surface area contributed by atoms with Gasteiger partial charge in [-0.05, 0) is 31.2 Å². The monoisotopic (exact) mass is 374 g/mol. The van der Waals surface area contributed by atoms with Crippen LogP contribution in [0.15, 0.2) is 48.5 Å². The van der Waals surface area contributed by atoms with E-state index in [4.69, 9.17) is 4.74 Å². The van der Waals surface area contributed by atoms with E-state index in [1.165, 1.54) is 6.92 Å². The first-order valence-corrected chi connectivity index (χ1v) is 9.76. The molecule has 0 fully saturated rings. The molecule has 0 aliphatic carbocycles. The van der Waals surface area contributed by atoms with Crippen LogP contribution >= 0.6 is 0 Å². The van der Waals surface area contributed by atoms with Gasteiger partial charge in [-0.2, -0.15) is 0 Å². The maximum absolute atomic E-state index is 12.6. The molecule has 1 aliphatic heterocycles. The summed E-state index contributed by atoms with van der Waals surface area (Å²) in [5, 5.41) is 2.67. The molecule has 1 atom stereocenters. The van der Waals surface area contributed by atoms with Crippen LogP contribution in [0, 0.1) is 0 Å². The topological polar surface area (TPSA) is 92.8 Å². The van der Waals surface area contributed by atoms with E-state index in [-0.39, 0.29) is 12.3 Å². The Kier molecular flexibility index (Phi) is 4.69. The number of nitrogens with zero attached hydrogens (tertiary/aromatic N) is 1. The summed E-state index contributed by atoms with van der Waals surface area (Å²) in [6, 6.07) is 13.2. The lowest BCUT2D eigenvalue weighted by Crippen LogP contribution is -2.48. The van der Waals surface area contributed by atoms with E-state index < -0.39 is 22.0 Å². The van der Waals surface area contributed by atoms with Crippen molar-refractivity contribution in [2.45, 2.75) is 13.0 Å². The van der Waals surface area contributed by atoms with Gasteiger partial charge in [-0.25, -0.2) is 8.42 Å². The summed E-state index contributed by atoms with van der Waals surface area (Å²) in [5.74, 6) is -0.289. The molecule has 2 aromatic carbocycles. The van der Waals surface area contributed by atoms with Gasteiger partial charge in [0.2, 0.25) is 10.0 Å². The predicted molar refractivity (Wildman–Crippen MR) is 98.1 cm³/mol. The van der Waals surface area contributed by atoms with Crippen LogP contribution in [0.4, 0.5) is 11.4 Å². The number of amides is 1. The molecule has 0 radical (unpaired) electrons. The second-order valence-electron chi connectivity index (χ2n) is 5.99. The lowest BCUT2D eigenvalue weighted by Gasteiger charge is -2.33. The predicted octanol–water partition coefficient (Wildman–Crippen LogP) is 2.05. The Bertz CT molecular complexity index is 971. The highest BCUT2D eigenvalue weighted by Gasteiger charge is 2.34. The molecule has 1 amide bonds. The van der Waals surface area contributed by atoms with Gasteiger partial charge in [0.25, 0.3) is 5.91 Å². The maximum atomic E-state index is 12.6. The van der Waals surface area contributed by atoms with Crippen molar-refractivity contribution in [1.82, 2.24) is 0 Å². The number of rotatable bonds is 4. The van der Waals surface area contributed by atoms with E-state index in [2.05, 4.69) is 5.32 Å². The standard InChI is InChI=1S/C18H18N2O5S/c1-12(21)13-6-5-7-14(10-13)19-18(22)17-11-20(26(2,23)24)15-8-3-4-9-16(15)25-17/h3-10,17H,11H2,1-2H3,(H,19,22)/t17-/m0/s1. The van der Waals surface area contributed by atoms with Crippen LogP contribution in [-0.4, -0.2) is 39.0 Å². The van der Waals surface area contributed by atoms with E-state index in [1.807, 2.05) is 0 Å². The van der Waals surface area contributed by atoms with E-state index in [9.17, 15) is 18.0 Å². The third kappa shape index (κ3) is 3.70. The average Bonchev–Trinajstić information content (AvgIpc) is 2.60. The van der Waals surface area contributed by atoms with E-state index in [1.54, 1.807) is 48.5 Å². The van der Waals surface area contributed by atoms with Gasteiger partial charge in [-0.1, -0.05) is 24.3 Å². The number of ketones is 1. The molecular weight excluding hydrogens is 356 g/mol. The molecule has 1 heterocycles. The minimum atomic E-state index is -3.57. The van der Waals surface area contributed by atoms with E-state index in [0.717, 1.165) is 10.6 Å². The molecule has 0 unspecified atom stereocenters. The number of fused-ring (bicyclic) bond motifs is 1. The fourth-order valence-electron chi connectivity index (χ4n) is 2.69. The smallest absolute Gasteiger partial charge is 0.267 e. The molecule has 0 bridgehead atoms. The first-order chi connectivity index (χ1) is 12.3. The highest BCUT2D eigenvalue weighted by molar-refractivity contribution is 7.92. The first kappa shape index (κ1) is 17.9. The quantitative estimate of drug-likeness (QED) is 0.827. The van der Waals surface area contributed by atoms with Crippen molar-refractivity contribution in [3.05, 3.63) is 54.1 Å². The Morgan fingerprint density at radius 3 is 2.58 bits per heavy atom. The zero-order chi connectivity index (χ0) is 18.9. The number of para-hydroxylation sites is 2. The second kappa shape index (κ2) is 6.80. The minimum Gasteiger partial charge on any atom is -0.476 e. The van der Waals surface area contributed by atoms with Gasteiger partial charge < -0.3 is 10.1 Å². The summed E-state index contributed by atoms with van der Waals surface area (Å²) in [6.45, 7) is 1.31. The van der Waals surface area contributed by atoms with Crippen molar-refractivity contribution in [2.24, 2.45) is 0 Å². The molecule has 0 spiro atoms. The molecule has 26 heavy (non-hydrogen) atoms. The number of carbonyl (C=O) groups is 2. The fourth-order valence-corrected chi connectivity index (χ4v) is 3.61. The summed E-state index contributed by atoms with van der Waals surface area (Å²) < 4.78 is 31.0. The van der Waals surface area contributed by atoms with Crippen molar-refractivity contribution in [2.75, 3.05) is 22.4 Å². The lowest BCUT2D eigenvalue weighted by molar-refractivity contribution is -0.122. The largest absolute Gasteiger partial charge is 0.476 e. The van der Waals surface area contributed by atoms with Crippen molar-refractivity contribution < 1.29 is 22.7 Å². The van der Waals surface area contributed by atoms with Crippen LogP contribution in [0.2, 0.25) is 0 Å². The van der Waals surface area contributed by atoms with Gasteiger partial charge in [-0.15, -0.1) is 0 Å². The molecule has 1 aliphatic rings. The van der Waals surface area contributed by atoms with Crippen LogP contribution in [0.25, 0.3) is 0 Å². The molecule has 2 aromatic rings. The Balaban J connectivity index is 1.85. The number of sulfonamides is 1. The molecule has 0 aromatic heterocycles. The minimum absolute atomic E-state index is 0.118. The number of hydrogen-bond acceptors (Lipinski definition) is 5. The highest BCUT2D eigenvalue weighted by atomic mass is 32.2. The van der Waals surface area contributed by atoms with E-state index >= 15 is 0 Å². The Morgan fingerprint density at radius 1 is 1.15 bits per heavy atom. The van der Waals surface area contributed by atoms with Crippen LogP contribution < -0.4 is 14.4 Å². The SMILES string of the molecule is CC(=O)c1cccc(NC(=O)[C@@H]2CN(S(C)(=O)=O)c3ccccc3O2)c1. The molecule has 8 heteroatoms. The maximum Gasteiger partial charge on any atom is 0.267 e. The Hall–Kier alpha value is -2.87. The molecule has 0 saturated heterocycles. The summed E-state index contributed by atoms with van der Waals surface area (Å²) in [6.07, 6.45) is 0.0704. The third-order valence-corrected chi connectivity index (χ3v) is 5.11. The number of anilines is 2. The normalized spacial score (nSPS) is 16.4. The number of ether oxygens (including phenoxy) is 1. The highest BCUT2D eigenvalue weighted by Crippen LogP contribution is 2.34. The Morgan fingerprint density at radius 2 is 1.88 bits per heavy atom. The molecule has 3 rings (SSSR count). The third-order valence-electron chi connectivity index (χ3n) is 3.96. The fraction of sp³-hybridized carbons (Fsp3) is 0.222. The van der Waals surface area contributed by atoms with Crippen molar-refractivity contribution >= 4 is 33.1 Å². The number of nitrogens with one attached hydrogen (secondary N) is 1. The molecular formula is C18H18N2O5S. The zero-order valence-electron chi connectivity index (χ0n) is 14.3. The van der Waals surface area contributed by atoms with Gasteiger partial charge in [-0.3, -0.25) is 13.9 Å². The van der Waals surface area contributed by atoms with Crippen molar-refractivity contribution in [3.8, 4) is 5.75 Å². The van der Waals surface area contributed by atoms with Gasteiger partial charge in [0.1, 0.15) is 5.75 Å². The number of Topliss-reactive ketones (excluding diaryl/α,β-unsaturated/α-hetero) is 1. The van der Waals surface area contributed by atoms with Crippen LogP contribution in [0.3, 0.4) is 0 Å². The first-order valence-electron chi connectivity index (χ1n) is 7.91. The van der Waals surface area contributed by atoms with E-state index in [0.29, 0.717) is 22.7 Å². The van der Waals surface area contributed by atoms with Gasteiger partial charge in [0, 0.05) is 11.3 Å². The average molecular weight is 374 g/mol. The molecule has 0 saturated carbocycles. The van der Waals surface area contributed by atoms with Gasteiger partial charge in [0.15, 0.2) is 11.9 Å². The lowest BCUT2D eigenvalue weighted by atomic mass is 10.1. The summed E-state index contributed by atoms with van der Waals surface area (Å²) in [5.41, 5.74) is 1.31. The van der Waals surface area contributed by atoms with Crippen LogP contribution in [0.1, 0.15) is 17.3 Å². The summed E-state index contributed by atoms with van der Waals surface area (Å²) in [4.78, 5) is 24.1. The number of benzene rings is 2. The zero-order valence-corrected chi connectivity index (χ0v) is 15.1. The number of carbonyl (C=O) groups excluding carboxylic acids is 2. The summed E-state index contributed by atoms with van der Waals surface area (Å²) in [7, 11) is -3.57. The van der Waals surface area contributed by atoms with Crippen molar-refractivity contribution in [1.29, 1.82) is 0 Å². The molecule has 136 valence electrons. The molecule has 7 nitrogen and oxygen atoms in total. The molecule has 1 N–H and O–H groups in total. The number of hydrogen-bond donors (Lipinski definition) is 1. The van der Waals surface area contributed by atoms with Crippen LogP contribution in [-0.2, 0) is 14.8 Å². The van der Waals surface area contributed by atoms with Crippen molar-refractivity contribution in [3.63, 3.8) is 0 Å².